The summed E-state index contributed by atoms with van der Waals surface area (Å²) in [6.45, 7) is 1.06. The number of carbonyl (C=O) groups is 1. The van der Waals surface area contributed by atoms with Crippen LogP contribution in [0, 0.1) is 5.82 Å². The molecule has 5 heteroatoms. The quantitative estimate of drug-likeness (QED) is 0.905. The standard InChI is InChI=1S/C11H13BrFNO2/c1-14(5-4-11(15)16)7-8-2-3-9(13)6-10(8)12/h2-3,6H,4-5,7H2,1H3,(H,15,16). The summed E-state index contributed by atoms with van der Waals surface area (Å²) in [6.07, 6.45) is 0.106. The molecule has 0 unspecified atom stereocenters. The van der Waals surface area contributed by atoms with Crippen LogP contribution in [0.3, 0.4) is 0 Å². The van der Waals surface area contributed by atoms with Crippen LogP contribution in [0.5, 0.6) is 0 Å². The second-order valence-corrected chi connectivity index (χ2v) is 4.47. The Morgan fingerprint density at radius 1 is 1.56 bits per heavy atom. The normalized spacial score (nSPS) is 10.8. The van der Waals surface area contributed by atoms with Crippen LogP contribution in [0.4, 0.5) is 4.39 Å². The van der Waals surface area contributed by atoms with E-state index in [2.05, 4.69) is 15.9 Å². The number of hydrogen-bond donors (Lipinski definition) is 1. The lowest BCUT2D eigenvalue weighted by Gasteiger charge is -2.16. The van der Waals surface area contributed by atoms with E-state index in [9.17, 15) is 9.18 Å². The van der Waals surface area contributed by atoms with Crippen LogP contribution in [-0.4, -0.2) is 29.6 Å². The zero-order valence-corrected chi connectivity index (χ0v) is 10.5. The van der Waals surface area contributed by atoms with Gasteiger partial charge in [0.2, 0.25) is 0 Å². The smallest absolute Gasteiger partial charge is 0.304 e. The van der Waals surface area contributed by atoms with Gasteiger partial charge in [-0.15, -0.1) is 0 Å². The van der Waals surface area contributed by atoms with Crippen LogP contribution in [-0.2, 0) is 11.3 Å². The van der Waals surface area contributed by atoms with E-state index in [1.807, 2.05) is 11.9 Å². The molecule has 3 nitrogen and oxygen atoms in total. The van der Waals surface area contributed by atoms with Crippen molar-refractivity contribution in [2.75, 3.05) is 13.6 Å². The first-order chi connectivity index (χ1) is 7.49. The second-order valence-electron chi connectivity index (χ2n) is 3.62. The molecule has 1 aromatic rings. The summed E-state index contributed by atoms with van der Waals surface area (Å²) >= 11 is 3.27. The van der Waals surface area contributed by atoms with Crippen molar-refractivity contribution < 1.29 is 14.3 Å². The monoisotopic (exact) mass is 289 g/mol. The molecule has 0 saturated heterocycles. The third-order valence-electron chi connectivity index (χ3n) is 2.16. The molecule has 0 radical (unpaired) electrons. The first-order valence-corrected chi connectivity index (χ1v) is 5.62. The van der Waals surface area contributed by atoms with Gasteiger partial charge in [-0.1, -0.05) is 22.0 Å². The predicted octanol–water partition coefficient (Wildman–Crippen LogP) is 2.49. The van der Waals surface area contributed by atoms with Gasteiger partial charge in [-0.3, -0.25) is 4.79 Å². The summed E-state index contributed by atoms with van der Waals surface area (Å²) in [5.41, 5.74) is 0.939. The van der Waals surface area contributed by atoms with Gasteiger partial charge in [0.15, 0.2) is 0 Å². The predicted molar refractivity (Wildman–Crippen MR) is 62.7 cm³/mol. The van der Waals surface area contributed by atoms with Crippen molar-refractivity contribution in [3.8, 4) is 0 Å². The molecule has 1 rings (SSSR count). The number of benzene rings is 1. The van der Waals surface area contributed by atoms with Gasteiger partial charge in [-0.05, 0) is 24.7 Å². The third kappa shape index (κ3) is 4.28. The molecule has 0 spiro atoms. The lowest BCUT2D eigenvalue weighted by atomic mass is 10.2. The maximum atomic E-state index is 12.8. The van der Waals surface area contributed by atoms with Gasteiger partial charge in [0.05, 0.1) is 6.42 Å². The van der Waals surface area contributed by atoms with Crippen LogP contribution in [0.2, 0.25) is 0 Å². The van der Waals surface area contributed by atoms with Gasteiger partial charge < -0.3 is 10.0 Å². The highest BCUT2D eigenvalue weighted by Gasteiger charge is 2.06. The highest BCUT2D eigenvalue weighted by molar-refractivity contribution is 9.10. The molecule has 0 aliphatic carbocycles. The van der Waals surface area contributed by atoms with E-state index >= 15 is 0 Å². The number of halogens is 2. The third-order valence-corrected chi connectivity index (χ3v) is 2.90. The molecule has 0 aliphatic rings. The SMILES string of the molecule is CN(CCC(=O)O)Cc1ccc(F)cc1Br. The fraction of sp³-hybridized carbons (Fsp3) is 0.364. The molecule has 0 bridgehead atoms. The number of aliphatic carboxylic acids is 1. The fourth-order valence-corrected chi connectivity index (χ4v) is 1.78. The Bertz CT molecular complexity index is 384. The maximum absolute atomic E-state index is 12.8. The van der Waals surface area contributed by atoms with Crippen LogP contribution in [0.1, 0.15) is 12.0 Å². The van der Waals surface area contributed by atoms with Crippen molar-refractivity contribution >= 4 is 21.9 Å². The molecule has 0 aromatic heterocycles. The first kappa shape index (κ1) is 13.1. The largest absolute Gasteiger partial charge is 0.481 e. The molecule has 0 amide bonds. The Morgan fingerprint density at radius 2 is 2.25 bits per heavy atom. The van der Waals surface area contributed by atoms with E-state index in [0.29, 0.717) is 17.6 Å². The van der Waals surface area contributed by atoms with E-state index in [1.165, 1.54) is 12.1 Å². The lowest BCUT2D eigenvalue weighted by Crippen LogP contribution is -2.21. The van der Waals surface area contributed by atoms with Gasteiger partial charge in [0.25, 0.3) is 0 Å². The molecular formula is C11H13BrFNO2. The van der Waals surface area contributed by atoms with E-state index in [0.717, 1.165) is 5.56 Å². The van der Waals surface area contributed by atoms with Crippen LogP contribution >= 0.6 is 15.9 Å². The minimum atomic E-state index is -0.815. The van der Waals surface area contributed by atoms with E-state index in [1.54, 1.807) is 6.07 Å². The Hall–Kier alpha value is -0.940. The molecule has 16 heavy (non-hydrogen) atoms. The number of nitrogens with zero attached hydrogens (tertiary/aromatic N) is 1. The van der Waals surface area contributed by atoms with Crippen molar-refractivity contribution in [2.45, 2.75) is 13.0 Å². The Kier molecular flexibility index (Phi) is 4.89. The summed E-state index contributed by atoms with van der Waals surface area (Å²) in [6, 6.07) is 4.49. The Labute approximate surface area is 102 Å². The molecular weight excluding hydrogens is 277 g/mol. The van der Waals surface area contributed by atoms with Crippen LogP contribution in [0.15, 0.2) is 22.7 Å². The highest BCUT2D eigenvalue weighted by Crippen LogP contribution is 2.19. The van der Waals surface area contributed by atoms with Crippen molar-refractivity contribution in [3.63, 3.8) is 0 Å². The van der Waals surface area contributed by atoms with Crippen LogP contribution < -0.4 is 0 Å². The number of carboxylic acids is 1. The summed E-state index contributed by atoms with van der Waals surface area (Å²) in [5.74, 6) is -1.10. The van der Waals surface area contributed by atoms with Gasteiger partial charge in [0.1, 0.15) is 5.82 Å². The molecule has 0 heterocycles. The zero-order chi connectivity index (χ0) is 12.1. The van der Waals surface area contributed by atoms with Crippen molar-refractivity contribution in [1.82, 2.24) is 4.90 Å². The minimum absolute atomic E-state index is 0.106. The average Bonchev–Trinajstić information content (AvgIpc) is 2.19. The summed E-state index contributed by atoms with van der Waals surface area (Å²) in [7, 11) is 1.83. The average molecular weight is 290 g/mol. The Balaban J connectivity index is 2.55. The molecule has 1 aromatic carbocycles. The molecule has 0 atom stereocenters. The summed E-state index contributed by atoms with van der Waals surface area (Å²) in [4.78, 5) is 12.3. The van der Waals surface area contributed by atoms with E-state index < -0.39 is 5.97 Å². The summed E-state index contributed by atoms with van der Waals surface area (Å²) < 4.78 is 13.5. The maximum Gasteiger partial charge on any atom is 0.304 e. The topological polar surface area (TPSA) is 40.5 Å². The van der Waals surface area contributed by atoms with Crippen molar-refractivity contribution in [2.24, 2.45) is 0 Å². The lowest BCUT2D eigenvalue weighted by molar-refractivity contribution is -0.137. The fourth-order valence-electron chi connectivity index (χ4n) is 1.31. The number of hydrogen-bond acceptors (Lipinski definition) is 2. The van der Waals surface area contributed by atoms with Crippen molar-refractivity contribution in [3.05, 3.63) is 34.1 Å². The zero-order valence-electron chi connectivity index (χ0n) is 8.91. The minimum Gasteiger partial charge on any atom is -0.481 e. The van der Waals surface area contributed by atoms with Crippen molar-refractivity contribution in [1.29, 1.82) is 0 Å². The van der Waals surface area contributed by atoms with E-state index in [4.69, 9.17) is 5.11 Å². The molecule has 1 N–H and O–H groups in total. The van der Waals surface area contributed by atoms with E-state index in [-0.39, 0.29) is 12.2 Å². The Morgan fingerprint density at radius 3 is 2.81 bits per heavy atom. The molecule has 0 saturated carbocycles. The van der Waals surface area contributed by atoms with Gasteiger partial charge in [-0.2, -0.15) is 0 Å². The first-order valence-electron chi connectivity index (χ1n) is 4.83. The second kappa shape index (κ2) is 5.96. The molecule has 0 fully saturated rings. The van der Waals surface area contributed by atoms with Crippen LogP contribution in [0.25, 0.3) is 0 Å². The highest BCUT2D eigenvalue weighted by atomic mass is 79.9. The molecule has 88 valence electrons. The summed E-state index contributed by atoms with van der Waals surface area (Å²) in [5, 5.41) is 8.53. The molecule has 0 aliphatic heterocycles. The van der Waals surface area contributed by atoms with Gasteiger partial charge in [0, 0.05) is 17.6 Å². The van der Waals surface area contributed by atoms with Gasteiger partial charge >= 0.3 is 5.97 Å². The number of rotatable bonds is 5. The number of carboxylic acid groups (broad SMARTS) is 1. The van der Waals surface area contributed by atoms with Gasteiger partial charge in [-0.25, -0.2) is 4.39 Å².